The van der Waals surface area contributed by atoms with E-state index < -0.39 is 0 Å². The average Bonchev–Trinajstić information content (AvgIpc) is 2.60. The molecule has 0 bridgehead atoms. The summed E-state index contributed by atoms with van der Waals surface area (Å²) in [6.45, 7) is 7.55. The molecule has 0 spiro atoms. The Balaban J connectivity index is 1.54. The summed E-state index contributed by atoms with van der Waals surface area (Å²) in [6.07, 6.45) is 1.76. The van der Waals surface area contributed by atoms with E-state index >= 15 is 0 Å². The number of halogens is 1. The Kier molecular flexibility index (Phi) is 6.01. The van der Waals surface area contributed by atoms with Crippen LogP contribution in [0.3, 0.4) is 0 Å². The summed E-state index contributed by atoms with van der Waals surface area (Å²) >= 11 is 3.54. The molecule has 1 fully saturated rings. The fraction of sp³-hybridized carbons (Fsp3) is 0.412. The Bertz CT molecular complexity index is 676. The van der Waals surface area contributed by atoms with E-state index in [1.807, 2.05) is 18.2 Å². The van der Waals surface area contributed by atoms with Crippen molar-refractivity contribution < 1.29 is 4.74 Å². The topological polar surface area (TPSA) is 62.3 Å². The van der Waals surface area contributed by atoms with Crippen LogP contribution in [0.25, 0.3) is 0 Å². The molecule has 1 aromatic heterocycles. The van der Waals surface area contributed by atoms with Crippen LogP contribution in [0.1, 0.15) is 5.56 Å². The largest absolute Gasteiger partial charge is 0.379 e. The molecule has 0 atom stereocenters. The van der Waals surface area contributed by atoms with Gasteiger partial charge in [-0.05, 0) is 30.7 Å². The minimum absolute atomic E-state index is 0.585. The number of rotatable bonds is 6. The summed E-state index contributed by atoms with van der Waals surface area (Å²) in [5.41, 5.74) is 2.15. The first kappa shape index (κ1) is 17.1. The van der Waals surface area contributed by atoms with Gasteiger partial charge in [-0.3, -0.25) is 4.90 Å². The van der Waals surface area contributed by atoms with E-state index in [0.29, 0.717) is 5.95 Å². The maximum atomic E-state index is 5.36. The van der Waals surface area contributed by atoms with Crippen LogP contribution in [0.2, 0.25) is 0 Å². The first-order chi connectivity index (χ1) is 11.7. The number of nitrogens with one attached hydrogen (secondary N) is 2. The number of hydrogen-bond donors (Lipinski definition) is 2. The molecule has 0 saturated carbocycles. The lowest BCUT2D eigenvalue weighted by atomic mass is 10.2. The molecule has 0 unspecified atom stereocenters. The van der Waals surface area contributed by atoms with Crippen LogP contribution in [-0.4, -0.2) is 54.3 Å². The standard InChI is InChI=1S/C17H22BrN5O/c1-13-2-3-14(12-15(13)18)21-17-20-5-4-16(22-17)19-6-7-23-8-10-24-11-9-23/h2-5,12H,6-11H2,1H3,(H2,19,20,21,22). The fourth-order valence-electron chi connectivity index (χ4n) is 2.48. The first-order valence-corrected chi connectivity index (χ1v) is 8.90. The normalized spacial score (nSPS) is 15.2. The van der Waals surface area contributed by atoms with Gasteiger partial charge < -0.3 is 15.4 Å². The van der Waals surface area contributed by atoms with Crippen molar-refractivity contribution in [2.24, 2.45) is 0 Å². The molecular formula is C17H22BrN5O. The maximum absolute atomic E-state index is 5.36. The Morgan fingerprint density at radius 2 is 2.08 bits per heavy atom. The zero-order valence-corrected chi connectivity index (χ0v) is 15.3. The Hall–Kier alpha value is -1.70. The van der Waals surface area contributed by atoms with E-state index in [2.05, 4.69) is 54.4 Å². The van der Waals surface area contributed by atoms with Gasteiger partial charge in [-0.15, -0.1) is 0 Å². The van der Waals surface area contributed by atoms with Gasteiger partial charge in [-0.25, -0.2) is 4.98 Å². The molecule has 2 heterocycles. The van der Waals surface area contributed by atoms with Crippen LogP contribution in [0.5, 0.6) is 0 Å². The molecule has 1 saturated heterocycles. The van der Waals surface area contributed by atoms with Crippen molar-refractivity contribution >= 4 is 33.4 Å². The van der Waals surface area contributed by atoms with Gasteiger partial charge in [0.25, 0.3) is 0 Å². The van der Waals surface area contributed by atoms with Gasteiger partial charge in [0.2, 0.25) is 5.95 Å². The smallest absolute Gasteiger partial charge is 0.229 e. The average molecular weight is 392 g/mol. The lowest BCUT2D eigenvalue weighted by Gasteiger charge is -2.26. The second-order valence-electron chi connectivity index (χ2n) is 5.74. The molecule has 1 aliphatic rings. The van der Waals surface area contributed by atoms with Crippen LogP contribution in [0, 0.1) is 6.92 Å². The summed E-state index contributed by atoms with van der Waals surface area (Å²) in [5.74, 6) is 1.41. The van der Waals surface area contributed by atoms with E-state index in [1.165, 1.54) is 5.56 Å². The number of ether oxygens (including phenoxy) is 1. The number of morpholine rings is 1. The van der Waals surface area contributed by atoms with Gasteiger partial charge in [0.05, 0.1) is 13.2 Å². The molecule has 3 rings (SSSR count). The number of aromatic nitrogens is 2. The molecule has 1 aromatic carbocycles. The number of benzene rings is 1. The molecule has 6 nitrogen and oxygen atoms in total. The molecule has 7 heteroatoms. The van der Waals surface area contributed by atoms with Crippen molar-refractivity contribution in [3.63, 3.8) is 0 Å². The maximum Gasteiger partial charge on any atom is 0.229 e. The molecule has 24 heavy (non-hydrogen) atoms. The van der Waals surface area contributed by atoms with Crippen molar-refractivity contribution in [3.8, 4) is 0 Å². The number of hydrogen-bond acceptors (Lipinski definition) is 6. The Morgan fingerprint density at radius 1 is 1.25 bits per heavy atom. The lowest BCUT2D eigenvalue weighted by molar-refractivity contribution is 0.0398. The second kappa shape index (κ2) is 8.41. The van der Waals surface area contributed by atoms with E-state index in [4.69, 9.17) is 4.74 Å². The molecule has 0 amide bonds. The monoisotopic (exact) mass is 391 g/mol. The highest BCUT2D eigenvalue weighted by atomic mass is 79.9. The highest BCUT2D eigenvalue weighted by Gasteiger charge is 2.09. The van der Waals surface area contributed by atoms with E-state index in [1.54, 1.807) is 6.20 Å². The fourth-order valence-corrected chi connectivity index (χ4v) is 2.86. The SMILES string of the molecule is Cc1ccc(Nc2nccc(NCCN3CCOCC3)n2)cc1Br. The van der Waals surface area contributed by atoms with Crippen molar-refractivity contribution in [1.82, 2.24) is 14.9 Å². The quantitative estimate of drug-likeness (QED) is 0.788. The van der Waals surface area contributed by atoms with Crippen molar-refractivity contribution in [3.05, 3.63) is 40.5 Å². The zero-order chi connectivity index (χ0) is 16.8. The predicted octanol–water partition coefficient (Wildman–Crippen LogP) is 3.04. The minimum Gasteiger partial charge on any atom is -0.379 e. The molecular weight excluding hydrogens is 370 g/mol. The highest BCUT2D eigenvalue weighted by Crippen LogP contribution is 2.22. The van der Waals surface area contributed by atoms with Gasteiger partial charge in [0, 0.05) is 42.5 Å². The van der Waals surface area contributed by atoms with Gasteiger partial charge in [0.1, 0.15) is 5.82 Å². The number of aryl methyl sites for hydroxylation is 1. The van der Waals surface area contributed by atoms with Gasteiger partial charge >= 0.3 is 0 Å². The molecule has 2 aromatic rings. The van der Waals surface area contributed by atoms with E-state index in [9.17, 15) is 0 Å². The van der Waals surface area contributed by atoms with Crippen LogP contribution < -0.4 is 10.6 Å². The third kappa shape index (κ3) is 4.90. The summed E-state index contributed by atoms with van der Waals surface area (Å²) in [6, 6.07) is 7.98. The lowest BCUT2D eigenvalue weighted by Crippen LogP contribution is -2.39. The van der Waals surface area contributed by atoms with Crippen LogP contribution in [0.4, 0.5) is 17.5 Å². The second-order valence-corrected chi connectivity index (χ2v) is 6.59. The predicted molar refractivity (Wildman–Crippen MR) is 99.9 cm³/mol. The first-order valence-electron chi connectivity index (χ1n) is 8.11. The van der Waals surface area contributed by atoms with Crippen LogP contribution in [0.15, 0.2) is 34.9 Å². The Labute approximate surface area is 150 Å². The van der Waals surface area contributed by atoms with E-state index in [-0.39, 0.29) is 0 Å². The molecule has 0 radical (unpaired) electrons. The van der Waals surface area contributed by atoms with Gasteiger partial charge in [-0.1, -0.05) is 22.0 Å². The summed E-state index contributed by atoms with van der Waals surface area (Å²) in [5, 5.41) is 6.59. The van der Waals surface area contributed by atoms with Gasteiger partial charge in [-0.2, -0.15) is 4.98 Å². The highest BCUT2D eigenvalue weighted by molar-refractivity contribution is 9.10. The van der Waals surface area contributed by atoms with Crippen molar-refractivity contribution in [2.75, 3.05) is 50.0 Å². The zero-order valence-electron chi connectivity index (χ0n) is 13.8. The Morgan fingerprint density at radius 3 is 2.88 bits per heavy atom. The van der Waals surface area contributed by atoms with Crippen molar-refractivity contribution in [2.45, 2.75) is 6.92 Å². The number of anilines is 3. The molecule has 2 N–H and O–H groups in total. The molecule has 0 aliphatic carbocycles. The third-order valence-corrected chi connectivity index (χ3v) is 4.78. The van der Waals surface area contributed by atoms with Crippen molar-refractivity contribution in [1.29, 1.82) is 0 Å². The minimum atomic E-state index is 0.585. The third-order valence-electron chi connectivity index (χ3n) is 3.92. The summed E-state index contributed by atoms with van der Waals surface area (Å²) in [7, 11) is 0. The van der Waals surface area contributed by atoms with Crippen LogP contribution >= 0.6 is 15.9 Å². The van der Waals surface area contributed by atoms with E-state index in [0.717, 1.165) is 55.4 Å². The number of nitrogens with zero attached hydrogens (tertiary/aromatic N) is 3. The van der Waals surface area contributed by atoms with Crippen LogP contribution in [-0.2, 0) is 4.74 Å². The summed E-state index contributed by atoms with van der Waals surface area (Å²) < 4.78 is 6.42. The summed E-state index contributed by atoms with van der Waals surface area (Å²) in [4.78, 5) is 11.2. The molecule has 1 aliphatic heterocycles. The van der Waals surface area contributed by atoms with Gasteiger partial charge in [0.15, 0.2) is 0 Å². The molecule has 128 valence electrons.